The van der Waals surface area contributed by atoms with Crippen molar-refractivity contribution in [3.63, 3.8) is 0 Å². The van der Waals surface area contributed by atoms with Crippen molar-refractivity contribution < 1.29 is 4.79 Å². The third-order valence-corrected chi connectivity index (χ3v) is 5.50. The zero-order valence-electron chi connectivity index (χ0n) is 14.4. The number of fused-ring (bicyclic) bond motifs is 1. The van der Waals surface area contributed by atoms with Gasteiger partial charge in [0.05, 0.1) is 22.5 Å². The lowest BCUT2D eigenvalue weighted by molar-refractivity contribution is 0.0959. The topological polar surface area (TPSA) is 59.3 Å². The van der Waals surface area contributed by atoms with E-state index in [2.05, 4.69) is 15.6 Å². The second-order valence-electron chi connectivity index (χ2n) is 5.88. The van der Waals surface area contributed by atoms with Crippen LogP contribution in [0.15, 0.2) is 65.8 Å². The van der Waals surface area contributed by atoms with E-state index >= 15 is 0 Å². The minimum absolute atomic E-state index is 0.265. The highest BCUT2D eigenvalue weighted by molar-refractivity contribution is 7.20. The van der Waals surface area contributed by atoms with Gasteiger partial charge in [0.1, 0.15) is 4.83 Å². The van der Waals surface area contributed by atoms with Gasteiger partial charge in [-0.05, 0) is 31.2 Å². The molecule has 0 radical (unpaired) electrons. The third-order valence-electron chi connectivity index (χ3n) is 4.04. The smallest absolute Gasteiger partial charge is 0.266 e. The minimum atomic E-state index is -0.265. The van der Waals surface area contributed by atoms with Crippen molar-refractivity contribution >= 4 is 45.3 Å². The van der Waals surface area contributed by atoms with Gasteiger partial charge in [-0.3, -0.25) is 4.79 Å². The van der Waals surface area contributed by atoms with Crippen molar-refractivity contribution in [1.29, 1.82) is 0 Å². The minimum Gasteiger partial charge on any atom is -0.266 e. The lowest BCUT2D eigenvalue weighted by Gasteiger charge is -2.01. The maximum absolute atomic E-state index is 12.5. The van der Waals surface area contributed by atoms with Crippen LogP contribution in [-0.2, 0) is 0 Å². The average molecular weight is 395 g/mol. The Morgan fingerprint density at radius 2 is 1.93 bits per heavy atom. The van der Waals surface area contributed by atoms with Gasteiger partial charge in [0.25, 0.3) is 5.91 Å². The number of amides is 1. The molecule has 2 aromatic carbocycles. The van der Waals surface area contributed by atoms with E-state index < -0.39 is 0 Å². The van der Waals surface area contributed by atoms with Gasteiger partial charge < -0.3 is 0 Å². The van der Waals surface area contributed by atoms with Gasteiger partial charge in [-0.1, -0.05) is 48.0 Å². The summed E-state index contributed by atoms with van der Waals surface area (Å²) in [6.45, 7) is 1.94. The lowest BCUT2D eigenvalue weighted by atomic mass is 10.2. The summed E-state index contributed by atoms with van der Waals surface area (Å²) in [7, 11) is 0. The van der Waals surface area contributed by atoms with Crippen molar-refractivity contribution in [3.8, 4) is 5.69 Å². The van der Waals surface area contributed by atoms with Gasteiger partial charge in [-0.25, -0.2) is 10.1 Å². The molecule has 0 spiro atoms. The number of carbonyl (C=O) groups excluding carboxylic acids is 1. The largest absolute Gasteiger partial charge is 0.281 e. The second kappa shape index (κ2) is 7.34. The van der Waals surface area contributed by atoms with Crippen LogP contribution in [0.3, 0.4) is 0 Å². The van der Waals surface area contributed by atoms with Crippen LogP contribution in [0.1, 0.15) is 20.9 Å². The number of thiophene rings is 1. The number of nitrogens with zero attached hydrogens (tertiary/aromatic N) is 3. The Kier molecular flexibility index (Phi) is 4.75. The molecule has 0 aliphatic rings. The van der Waals surface area contributed by atoms with E-state index in [1.165, 1.54) is 17.6 Å². The maximum Gasteiger partial charge on any atom is 0.281 e. The van der Waals surface area contributed by atoms with Crippen LogP contribution in [0, 0.1) is 6.92 Å². The molecule has 134 valence electrons. The molecule has 2 heterocycles. The first-order chi connectivity index (χ1) is 13.1. The molecule has 0 fully saturated rings. The molecule has 1 N–H and O–H groups in total. The fourth-order valence-corrected chi connectivity index (χ4v) is 3.96. The molecule has 7 heteroatoms. The van der Waals surface area contributed by atoms with Gasteiger partial charge in [-0.15, -0.1) is 11.3 Å². The Balaban J connectivity index is 1.59. The number of hydrogen-bond acceptors (Lipinski definition) is 4. The summed E-state index contributed by atoms with van der Waals surface area (Å²) in [6, 6.07) is 19.0. The predicted molar refractivity (Wildman–Crippen MR) is 110 cm³/mol. The number of hydrazone groups is 1. The monoisotopic (exact) mass is 394 g/mol. The summed E-state index contributed by atoms with van der Waals surface area (Å²) in [5, 5.41) is 10.1. The summed E-state index contributed by atoms with van der Waals surface area (Å²) in [4.78, 5) is 14.0. The molecule has 0 aliphatic heterocycles. The molecule has 4 rings (SSSR count). The first-order valence-electron chi connectivity index (χ1n) is 8.26. The Morgan fingerprint density at radius 3 is 2.70 bits per heavy atom. The Hall–Kier alpha value is -2.96. The molecular formula is C20H15ClN4OS. The fraction of sp³-hybridized carbons (Fsp3) is 0.0500. The quantitative estimate of drug-likeness (QED) is 0.398. The van der Waals surface area contributed by atoms with Crippen LogP contribution in [0.2, 0.25) is 5.02 Å². The summed E-state index contributed by atoms with van der Waals surface area (Å²) < 4.78 is 1.86. The lowest BCUT2D eigenvalue weighted by Crippen LogP contribution is -2.16. The number of aromatic nitrogens is 2. The Morgan fingerprint density at radius 1 is 1.19 bits per heavy atom. The SMILES string of the molecule is Cc1nn(-c2ccccc2)c2sc(C(=O)N/N=C\c3ccccc3Cl)cc12. The van der Waals surface area contributed by atoms with Crippen LogP contribution >= 0.6 is 22.9 Å². The van der Waals surface area contributed by atoms with Crippen molar-refractivity contribution in [2.75, 3.05) is 0 Å². The van der Waals surface area contributed by atoms with E-state index in [9.17, 15) is 4.79 Å². The molecular weight excluding hydrogens is 380 g/mol. The fourth-order valence-electron chi connectivity index (χ4n) is 2.70. The van der Waals surface area contributed by atoms with Crippen molar-refractivity contribution in [2.45, 2.75) is 6.92 Å². The van der Waals surface area contributed by atoms with E-state index in [0.717, 1.165) is 27.2 Å². The van der Waals surface area contributed by atoms with E-state index in [1.54, 1.807) is 6.07 Å². The molecule has 4 aromatic rings. The molecule has 0 saturated carbocycles. The predicted octanol–water partition coefficient (Wildman–Crippen LogP) is 4.81. The molecule has 0 unspecified atom stereocenters. The standard InChI is InChI=1S/C20H15ClN4OS/c1-13-16-11-18(19(26)23-22-12-14-7-5-6-10-17(14)21)27-20(16)25(24-13)15-8-3-2-4-9-15/h2-12H,1H3,(H,23,26)/b22-12-. The average Bonchev–Trinajstić information content (AvgIpc) is 3.25. The number of para-hydroxylation sites is 1. The second-order valence-corrected chi connectivity index (χ2v) is 7.32. The molecule has 2 aromatic heterocycles. The van der Waals surface area contributed by atoms with Crippen LogP contribution in [-0.4, -0.2) is 21.9 Å². The number of hydrogen-bond donors (Lipinski definition) is 1. The molecule has 0 saturated heterocycles. The zero-order chi connectivity index (χ0) is 18.8. The number of rotatable bonds is 4. The van der Waals surface area contributed by atoms with E-state index in [-0.39, 0.29) is 5.91 Å². The van der Waals surface area contributed by atoms with Gasteiger partial charge in [0.2, 0.25) is 0 Å². The van der Waals surface area contributed by atoms with Gasteiger partial charge in [-0.2, -0.15) is 10.2 Å². The first-order valence-corrected chi connectivity index (χ1v) is 9.45. The first kappa shape index (κ1) is 17.5. The zero-order valence-corrected chi connectivity index (χ0v) is 16.0. The molecule has 0 aliphatic carbocycles. The summed E-state index contributed by atoms with van der Waals surface area (Å²) in [5.41, 5.74) is 5.14. The van der Waals surface area contributed by atoms with Crippen molar-refractivity contribution in [1.82, 2.24) is 15.2 Å². The van der Waals surface area contributed by atoms with Crippen LogP contribution in [0.4, 0.5) is 0 Å². The van der Waals surface area contributed by atoms with Gasteiger partial charge in [0.15, 0.2) is 0 Å². The number of carbonyl (C=O) groups is 1. The number of nitrogens with one attached hydrogen (secondary N) is 1. The number of benzene rings is 2. The molecule has 27 heavy (non-hydrogen) atoms. The van der Waals surface area contributed by atoms with Crippen LogP contribution in [0.25, 0.3) is 15.9 Å². The van der Waals surface area contributed by atoms with Gasteiger partial charge >= 0.3 is 0 Å². The van der Waals surface area contributed by atoms with Gasteiger partial charge in [0, 0.05) is 16.0 Å². The highest BCUT2D eigenvalue weighted by Crippen LogP contribution is 2.30. The van der Waals surface area contributed by atoms with Crippen LogP contribution in [0.5, 0.6) is 0 Å². The van der Waals surface area contributed by atoms with Crippen LogP contribution < -0.4 is 5.43 Å². The maximum atomic E-state index is 12.5. The van der Waals surface area contributed by atoms with E-state index in [1.807, 2.05) is 66.2 Å². The normalized spacial score (nSPS) is 11.3. The highest BCUT2D eigenvalue weighted by atomic mass is 35.5. The molecule has 1 amide bonds. The third kappa shape index (κ3) is 3.49. The molecule has 0 atom stereocenters. The molecule has 0 bridgehead atoms. The van der Waals surface area contributed by atoms with E-state index in [0.29, 0.717) is 9.90 Å². The van der Waals surface area contributed by atoms with Crippen molar-refractivity contribution in [3.05, 3.63) is 81.8 Å². The van der Waals surface area contributed by atoms with E-state index in [4.69, 9.17) is 11.6 Å². The number of aryl methyl sites for hydroxylation is 1. The highest BCUT2D eigenvalue weighted by Gasteiger charge is 2.16. The number of halogens is 1. The summed E-state index contributed by atoms with van der Waals surface area (Å²) in [5.74, 6) is -0.265. The van der Waals surface area contributed by atoms with Crippen molar-refractivity contribution in [2.24, 2.45) is 5.10 Å². The summed E-state index contributed by atoms with van der Waals surface area (Å²) >= 11 is 7.46. The molecule has 5 nitrogen and oxygen atoms in total. The Bertz CT molecular complexity index is 1150. The Labute approximate surface area is 164 Å². The summed E-state index contributed by atoms with van der Waals surface area (Å²) in [6.07, 6.45) is 1.53.